The Balaban J connectivity index is 2.08. The highest BCUT2D eigenvalue weighted by Crippen LogP contribution is 2.36. The summed E-state index contributed by atoms with van der Waals surface area (Å²) < 4.78 is 19.3. The van der Waals surface area contributed by atoms with Crippen molar-refractivity contribution in [3.05, 3.63) is 18.0 Å². The second-order valence-electron chi connectivity index (χ2n) is 6.37. The van der Waals surface area contributed by atoms with Crippen LogP contribution in [0.3, 0.4) is 0 Å². The Kier molecular flexibility index (Phi) is 3.04. The number of hydrogen-bond donors (Lipinski definition) is 0. The van der Waals surface area contributed by atoms with Gasteiger partial charge in [0.1, 0.15) is 11.3 Å². The van der Waals surface area contributed by atoms with Crippen molar-refractivity contribution in [2.45, 2.75) is 45.8 Å². The molecule has 0 atom stereocenters. The molecule has 3 heterocycles. The summed E-state index contributed by atoms with van der Waals surface area (Å²) in [6, 6.07) is 1.85. The molecule has 0 aliphatic carbocycles. The first-order valence-electron chi connectivity index (χ1n) is 7.00. The Morgan fingerprint density at radius 2 is 1.81 bits per heavy atom. The van der Waals surface area contributed by atoms with E-state index in [1.165, 1.54) is 0 Å². The molecule has 0 bridgehead atoms. The lowest BCUT2D eigenvalue weighted by atomic mass is 9.84. The third-order valence-corrected chi connectivity index (χ3v) is 4.26. The minimum absolute atomic E-state index is 0.413. The molecule has 6 nitrogen and oxygen atoms in total. The van der Waals surface area contributed by atoms with Gasteiger partial charge in [-0.1, -0.05) is 0 Å². The first kappa shape index (κ1) is 14.3. The lowest BCUT2D eigenvalue weighted by Crippen LogP contribution is -2.41. The fraction of sp³-hybridized carbons (Fsp3) is 0.571. The van der Waals surface area contributed by atoms with Crippen LogP contribution in [0.4, 0.5) is 0 Å². The number of rotatable bonds is 2. The molecule has 3 rings (SSSR count). The van der Waals surface area contributed by atoms with Gasteiger partial charge in [0.25, 0.3) is 0 Å². The molecule has 2 aromatic rings. The lowest BCUT2D eigenvalue weighted by Gasteiger charge is -2.32. The van der Waals surface area contributed by atoms with Gasteiger partial charge in [-0.2, -0.15) is 5.10 Å². The Labute approximate surface area is 124 Å². The number of fused-ring (bicyclic) bond motifs is 1. The van der Waals surface area contributed by atoms with E-state index in [-0.39, 0.29) is 0 Å². The quantitative estimate of drug-likeness (QED) is 0.781. The van der Waals surface area contributed by atoms with Gasteiger partial charge in [0.2, 0.25) is 0 Å². The third-order valence-electron chi connectivity index (χ3n) is 4.26. The highest BCUT2D eigenvalue weighted by Gasteiger charge is 2.53. The van der Waals surface area contributed by atoms with Crippen molar-refractivity contribution in [1.29, 1.82) is 0 Å². The monoisotopic (exact) mass is 289 g/mol. The summed E-state index contributed by atoms with van der Waals surface area (Å²) in [5.74, 6) is 0.617. The Morgan fingerprint density at radius 3 is 2.38 bits per heavy atom. The van der Waals surface area contributed by atoms with Crippen molar-refractivity contribution >= 4 is 18.4 Å². The van der Waals surface area contributed by atoms with Gasteiger partial charge in [-0.3, -0.25) is 0 Å². The molecular formula is C14H20BN3O3. The van der Waals surface area contributed by atoms with E-state index in [0.29, 0.717) is 11.3 Å². The molecule has 0 N–H and O–H groups in total. The molecule has 2 aromatic heterocycles. The summed E-state index contributed by atoms with van der Waals surface area (Å²) in [5.41, 5.74) is 1.44. The molecule has 0 aromatic carbocycles. The van der Waals surface area contributed by atoms with E-state index >= 15 is 0 Å². The summed E-state index contributed by atoms with van der Waals surface area (Å²) >= 11 is 0. The molecule has 0 spiro atoms. The summed E-state index contributed by atoms with van der Waals surface area (Å²) in [6.07, 6.45) is 1.86. The molecule has 112 valence electrons. The number of ether oxygens (including phenoxy) is 1. The van der Waals surface area contributed by atoms with Crippen molar-refractivity contribution in [1.82, 2.24) is 14.6 Å². The zero-order chi connectivity index (χ0) is 15.4. The van der Waals surface area contributed by atoms with Gasteiger partial charge in [0.15, 0.2) is 5.65 Å². The van der Waals surface area contributed by atoms with E-state index in [1.807, 2.05) is 46.9 Å². The topological polar surface area (TPSA) is 57.9 Å². The number of imidazole rings is 1. The van der Waals surface area contributed by atoms with Gasteiger partial charge in [0.05, 0.1) is 30.2 Å². The Hall–Kier alpha value is -1.60. The van der Waals surface area contributed by atoms with Gasteiger partial charge in [-0.05, 0) is 34.6 Å². The minimum Gasteiger partial charge on any atom is -0.495 e. The highest BCUT2D eigenvalue weighted by molar-refractivity contribution is 6.62. The summed E-state index contributed by atoms with van der Waals surface area (Å²) in [5, 5.41) is 4.56. The number of methoxy groups -OCH3 is 1. The molecule has 1 aliphatic heterocycles. The van der Waals surface area contributed by atoms with Gasteiger partial charge >= 0.3 is 7.12 Å². The van der Waals surface area contributed by atoms with E-state index in [4.69, 9.17) is 14.0 Å². The van der Waals surface area contributed by atoms with Crippen molar-refractivity contribution in [3.8, 4) is 5.75 Å². The first-order valence-corrected chi connectivity index (χ1v) is 7.00. The van der Waals surface area contributed by atoms with Crippen molar-refractivity contribution in [3.63, 3.8) is 0 Å². The molecule has 1 fully saturated rings. The predicted octanol–water partition coefficient (Wildman–Crippen LogP) is 1.35. The van der Waals surface area contributed by atoms with Crippen LogP contribution in [-0.4, -0.2) is 40.0 Å². The zero-order valence-electron chi connectivity index (χ0n) is 13.3. The van der Waals surface area contributed by atoms with Crippen LogP contribution >= 0.6 is 0 Å². The number of nitrogens with zero attached hydrogens (tertiary/aromatic N) is 3. The molecule has 1 saturated heterocycles. The maximum absolute atomic E-state index is 6.05. The van der Waals surface area contributed by atoms with Crippen molar-refractivity contribution in [2.24, 2.45) is 0 Å². The lowest BCUT2D eigenvalue weighted by molar-refractivity contribution is 0.00578. The van der Waals surface area contributed by atoms with Crippen LogP contribution in [0.2, 0.25) is 0 Å². The fourth-order valence-corrected chi connectivity index (χ4v) is 2.32. The fourth-order valence-electron chi connectivity index (χ4n) is 2.32. The predicted molar refractivity (Wildman–Crippen MR) is 80.0 cm³/mol. The molecule has 0 radical (unpaired) electrons. The molecule has 0 unspecified atom stereocenters. The number of aryl methyl sites for hydroxylation is 1. The molecular weight excluding hydrogens is 269 g/mol. The van der Waals surface area contributed by atoms with E-state index in [0.717, 1.165) is 11.3 Å². The van der Waals surface area contributed by atoms with Gasteiger partial charge in [-0.15, -0.1) is 0 Å². The third kappa shape index (κ3) is 2.20. The molecule has 21 heavy (non-hydrogen) atoms. The van der Waals surface area contributed by atoms with E-state index < -0.39 is 18.3 Å². The highest BCUT2D eigenvalue weighted by atomic mass is 16.7. The van der Waals surface area contributed by atoms with Crippen LogP contribution in [0.15, 0.2) is 12.3 Å². The van der Waals surface area contributed by atoms with E-state index in [1.54, 1.807) is 11.6 Å². The van der Waals surface area contributed by atoms with Gasteiger partial charge in [-0.25, -0.2) is 9.50 Å². The Morgan fingerprint density at radius 1 is 1.19 bits per heavy atom. The second-order valence-corrected chi connectivity index (χ2v) is 6.37. The van der Waals surface area contributed by atoms with Crippen LogP contribution in [0.5, 0.6) is 5.75 Å². The second kappa shape index (κ2) is 4.45. The summed E-state index contributed by atoms with van der Waals surface area (Å²) in [4.78, 5) is 4.39. The summed E-state index contributed by atoms with van der Waals surface area (Å²) in [7, 11) is 1.05. The largest absolute Gasteiger partial charge is 0.520 e. The van der Waals surface area contributed by atoms with Gasteiger partial charge in [0, 0.05) is 6.07 Å². The molecule has 7 heteroatoms. The standard InChI is InChI=1S/C14H20BN3O3/c1-9-8-18-11(16-9)7-10(19-6)12(17-18)15-20-13(2,3)14(4,5)21-15/h7-8H,1-6H3. The van der Waals surface area contributed by atoms with Crippen LogP contribution in [0, 0.1) is 6.92 Å². The molecule has 0 saturated carbocycles. The van der Waals surface area contributed by atoms with Crippen LogP contribution < -0.4 is 10.3 Å². The van der Waals surface area contributed by atoms with Crippen molar-refractivity contribution < 1.29 is 14.0 Å². The molecule has 0 amide bonds. The maximum Gasteiger partial charge on any atom is 0.520 e. The minimum atomic E-state index is -0.558. The van der Waals surface area contributed by atoms with E-state index in [2.05, 4.69) is 10.1 Å². The average Bonchev–Trinajstić information content (AvgIpc) is 2.83. The molecule has 1 aliphatic rings. The van der Waals surface area contributed by atoms with Crippen molar-refractivity contribution in [2.75, 3.05) is 7.11 Å². The maximum atomic E-state index is 6.05. The Bertz CT molecular complexity index is 680. The SMILES string of the molecule is COc1cc2nc(C)cn2nc1B1OC(C)(C)C(C)(C)O1. The van der Waals surface area contributed by atoms with Crippen LogP contribution in [-0.2, 0) is 9.31 Å². The van der Waals surface area contributed by atoms with Crippen LogP contribution in [0.25, 0.3) is 5.65 Å². The average molecular weight is 289 g/mol. The van der Waals surface area contributed by atoms with E-state index in [9.17, 15) is 0 Å². The summed E-state index contributed by atoms with van der Waals surface area (Å²) in [6.45, 7) is 9.98. The number of aromatic nitrogens is 3. The van der Waals surface area contributed by atoms with Crippen LogP contribution in [0.1, 0.15) is 33.4 Å². The smallest absolute Gasteiger partial charge is 0.495 e. The zero-order valence-corrected chi connectivity index (χ0v) is 13.3. The van der Waals surface area contributed by atoms with Gasteiger partial charge < -0.3 is 14.0 Å². The first-order chi connectivity index (χ1) is 9.73. The number of hydrogen-bond acceptors (Lipinski definition) is 5. The normalized spacial score (nSPS) is 20.2.